The van der Waals surface area contributed by atoms with E-state index in [0.717, 1.165) is 0 Å². The normalized spacial score (nSPS) is 15.5. The lowest BCUT2D eigenvalue weighted by molar-refractivity contribution is -0.385. The molecule has 2 amide bonds. The molecule has 1 aliphatic rings. The second-order valence-electron chi connectivity index (χ2n) is 6.54. The Morgan fingerprint density at radius 2 is 1.96 bits per heavy atom. The summed E-state index contributed by atoms with van der Waals surface area (Å²) in [6, 6.07) is 4.17. The summed E-state index contributed by atoms with van der Waals surface area (Å²) in [6.45, 7) is 3.13. The van der Waals surface area contributed by atoms with Crippen molar-refractivity contribution in [3.8, 4) is 0 Å². The lowest BCUT2D eigenvalue weighted by Gasteiger charge is -2.34. The van der Waals surface area contributed by atoms with Crippen molar-refractivity contribution in [1.82, 2.24) is 9.80 Å². The Labute approximate surface area is 160 Å². The molecule has 0 bridgehead atoms. The summed E-state index contributed by atoms with van der Waals surface area (Å²) in [5, 5.41) is 13.6. The molecule has 1 saturated heterocycles. The summed E-state index contributed by atoms with van der Waals surface area (Å²) in [5.74, 6) is 0. The first-order chi connectivity index (χ1) is 13.2. The second kappa shape index (κ2) is 9.69. The first-order valence-corrected chi connectivity index (χ1v) is 8.83. The fourth-order valence-electron chi connectivity index (χ4n) is 2.84. The average molecular weight is 404 g/mol. The van der Waals surface area contributed by atoms with Crippen molar-refractivity contribution in [2.75, 3.05) is 51.3 Å². The molecule has 0 radical (unpaired) electrons. The quantitative estimate of drug-likeness (QED) is 0.429. The number of nitro groups is 1. The molecule has 156 valence electrons. The summed E-state index contributed by atoms with van der Waals surface area (Å²) in [6.07, 6.45) is -3.83. The molecule has 2 rings (SSSR count). The van der Waals surface area contributed by atoms with Gasteiger partial charge in [0.25, 0.3) is 5.69 Å². The zero-order chi connectivity index (χ0) is 20.7. The molecule has 0 spiro atoms. The van der Waals surface area contributed by atoms with Crippen LogP contribution in [0, 0.1) is 17.0 Å². The van der Waals surface area contributed by atoms with Gasteiger partial charge in [0.1, 0.15) is 6.61 Å². The van der Waals surface area contributed by atoms with Crippen LogP contribution in [0.4, 0.5) is 29.3 Å². The summed E-state index contributed by atoms with van der Waals surface area (Å²) in [5.41, 5.74) is 0.803. The van der Waals surface area contributed by atoms with Gasteiger partial charge in [-0.05, 0) is 19.4 Å². The average Bonchev–Trinajstić information content (AvgIpc) is 2.62. The summed E-state index contributed by atoms with van der Waals surface area (Å²) < 4.78 is 40.5. The molecule has 1 heterocycles. The first-order valence-electron chi connectivity index (χ1n) is 8.83. The zero-order valence-electron chi connectivity index (χ0n) is 15.5. The van der Waals surface area contributed by atoms with Crippen molar-refractivity contribution < 1.29 is 27.6 Å². The molecule has 0 aliphatic carbocycles. The molecule has 1 aromatic rings. The van der Waals surface area contributed by atoms with E-state index in [-0.39, 0.29) is 18.3 Å². The molecule has 1 aromatic carbocycles. The molecule has 8 nitrogen and oxygen atoms in total. The van der Waals surface area contributed by atoms with Crippen molar-refractivity contribution in [2.24, 2.45) is 0 Å². The number of nitrogens with one attached hydrogen (secondary N) is 1. The number of benzene rings is 1. The van der Waals surface area contributed by atoms with Crippen LogP contribution in [-0.2, 0) is 4.74 Å². The van der Waals surface area contributed by atoms with Crippen molar-refractivity contribution in [2.45, 2.75) is 19.5 Å². The van der Waals surface area contributed by atoms with Crippen LogP contribution in [0.3, 0.4) is 0 Å². The third-order valence-corrected chi connectivity index (χ3v) is 4.35. The predicted octanol–water partition coefficient (Wildman–Crippen LogP) is 3.02. The third kappa shape index (κ3) is 6.97. The maximum atomic E-state index is 12.3. The summed E-state index contributed by atoms with van der Waals surface area (Å²) in [7, 11) is 0. The van der Waals surface area contributed by atoms with E-state index in [1.54, 1.807) is 24.0 Å². The number of aryl methyl sites for hydroxylation is 1. The number of carbonyl (C=O) groups excluding carboxylic acids is 1. The van der Waals surface area contributed by atoms with E-state index in [1.165, 1.54) is 6.07 Å². The van der Waals surface area contributed by atoms with Crippen LogP contribution in [0.1, 0.15) is 12.0 Å². The molecule has 28 heavy (non-hydrogen) atoms. The van der Waals surface area contributed by atoms with E-state index in [2.05, 4.69) is 15.0 Å². The second-order valence-corrected chi connectivity index (χ2v) is 6.54. The number of nitrogens with zero attached hydrogens (tertiary/aromatic N) is 3. The number of urea groups is 1. The van der Waals surface area contributed by atoms with E-state index in [9.17, 15) is 28.1 Å². The van der Waals surface area contributed by atoms with Crippen molar-refractivity contribution in [3.05, 3.63) is 33.9 Å². The number of nitro benzene ring substituents is 1. The van der Waals surface area contributed by atoms with Crippen LogP contribution in [-0.4, -0.2) is 72.9 Å². The molecule has 11 heteroatoms. The van der Waals surface area contributed by atoms with Crippen molar-refractivity contribution in [3.63, 3.8) is 0 Å². The van der Waals surface area contributed by atoms with Gasteiger partial charge < -0.3 is 15.0 Å². The fourth-order valence-corrected chi connectivity index (χ4v) is 2.84. The number of carbonyl (C=O) groups is 1. The van der Waals surface area contributed by atoms with Gasteiger partial charge in [-0.3, -0.25) is 15.0 Å². The van der Waals surface area contributed by atoms with Gasteiger partial charge >= 0.3 is 12.2 Å². The molecule has 0 saturated carbocycles. The number of rotatable bonds is 7. The molecule has 0 aromatic heterocycles. The molecule has 1 N–H and O–H groups in total. The van der Waals surface area contributed by atoms with Gasteiger partial charge in [0.2, 0.25) is 0 Å². The zero-order valence-corrected chi connectivity index (χ0v) is 15.5. The lowest BCUT2D eigenvalue weighted by atomic mass is 10.2. The van der Waals surface area contributed by atoms with E-state index in [0.29, 0.717) is 50.4 Å². The van der Waals surface area contributed by atoms with Crippen LogP contribution in [0.25, 0.3) is 0 Å². The molecule has 0 unspecified atom stereocenters. The number of hydrogen-bond acceptors (Lipinski definition) is 5. The molecular weight excluding hydrogens is 381 g/mol. The van der Waals surface area contributed by atoms with Gasteiger partial charge in [-0.25, -0.2) is 4.79 Å². The highest BCUT2D eigenvalue weighted by molar-refractivity contribution is 5.89. The Morgan fingerprint density at radius 1 is 1.29 bits per heavy atom. The number of anilines is 1. The number of ether oxygens (including phenoxy) is 1. The summed E-state index contributed by atoms with van der Waals surface area (Å²) >= 11 is 0. The number of hydrogen-bond donors (Lipinski definition) is 1. The maximum absolute atomic E-state index is 12.3. The number of alkyl halides is 3. The van der Waals surface area contributed by atoms with E-state index < -0.39 is 17.7 Å². The lowest BCUT2D eigenvalue weighted by Crippen LogP contribution is -2.50. The first kappa shape index (κ1) is 21.9. The largest absolute Gasteiger partial charge is 0.411 e. The van der Waals surface area contributed by atoms with Crippen LogP contribution in [0.5, 0.6) is 0 Å². The van der Waals surface area contributed by atoms with Gasteiger partial charge in [-0.2, -0.15) is 13.2 Å². The van der Waals surface area contributed by atoms with Crippen LogP contribution >= 0.6 is 0 Å². The molecule has 0 atom stereocenters. The maximum Gasteiger partial charge on any atom is 0.411 e. The van der Waals surface area contributed by atoms with Gasteiger partial charge in [0, 0.05) is 56.6 Å². The molecule has 1 aliphatic heterocycles. The molecule has 1 fully saturated rings. The van der Waals surface area contributed by atoms with E-state index in [4.69, 9.17) is 0 Å². The van der Waals surface area contributed by atoms with Crippen molar-refractivity contribution in [1.29, 1.82) is 0 Å². The highest BCUT2D eigenvalue weighted by Crippen LogP contribution is 2.22. The number of piperazine rings is 1. The Kier molecular flexibility index (Phi) is 7.58. The van der Waals surface area contributed by atoms with Gasteiger partial charge in [0.15, 0.2) is 0 Å². The monoisotopic (exact) mass is 404 g/mol. The Morgan fingerprint density at radius 3 is 2.57 bits per heavy atom. The van der Waals surface area contributed by atoms with Crippen LogP contribution < -0.4 is 5.32 Å². The van der Waals surface area contributed by atoms with Gasteiger partial charge in [-0.15, -0.1) is 0 Å². The van der Waals surface area contributed by atoms with E-state index >= 15 is 0 Å². The highest BCUT2D eigenvalue weighted by atomic mass is 19.4. The van der Waals surface area contributed by atoms with Crippen LogP contribution in [0.2, 0.25) is 0 Å². The highest BCUT2D eigenvalue weighted by Gasteiger charge is 2.27. The minimum atomic E-state index is -4.31. The van der Waals surface area contributed by atoms with Gasteiger partial charge in [-0.1, -0.05) is 6.07 Å². The van der Waals surface area contributed by atoms with E-state index in [1.807, 2.05) is 0 Å². The molecular formula is C17H23F3N4O4. The Bertz CT molecular complexity index is 691. The topological polar surface area (TPSA) is 88.0 Å². The Balaban J connectivity index is 1.72. The minimum absolute atomic E-state index is 0.0341. The Hall–Kier alpha value is -2.40. The van der Waals surface area contributed by atoms with Crippen molar-refractivity contribution >= 4 is 17.4 Å². The fraction of sp³-hybridized carbons (Fsp3) is 0.588. The predicted molar refractivity (Wildman–Crippen MR) is 96.4 cm³/mol. The van der Waals surface area contributed by atoms with Crippen LogP contribution in [0.15, 0.2) is 18.2 Å². The standard InChI is InChI=1S/C17H23F3N4O4/c1-13-3-4-14(11-15(13)24(26)27)21-16(25)23-8-6-22(7-9-23)5-2-10-28-12-17(18,19)20/h3-4,11H,2,5-10,12H2,1H3,(H,21,25). The third-order valence-electron chi connectivity index (χ3n) is 4.35. The number of amides is 2. The van der Waals surface area contributed by atoms with Gasteiger partial charge in [0.05, 0.1) is 4.92 Å². The number of halogens is 3. The SMILES string of the molecule is Cc1ccc(NC(=O)N2CCN(CCCOCC(F)(F)F)CC2)cc1[N+](=O)[O-]. The smallest absolute Gasteiger partial charge is 0.372 e. The minimum Gasteiger partial charge on any atom is -0.372 e. The summed E-state index contributed by atoms with van der Waals surface area (Å²) in [4.78, 5) is 26.5.